The standard InChI is InChI=1S/C18H27N3O2/c1-14(22)21-12-16(15-7-5-4-6-8-15)11-17(13-21)18(23)19-9-10-20(2)3/h4-8,16-17H,9-13H2,1-3H3,(H,19,23). The second-order valence-corrected chi connectivity index (χ2v) is 6.56. The third-order valence-electron chi connectivity index (χ3n) is 4.40. The summed E-state index contributed by atoms with van der Waals surface area (Å²) in [4.78, 5) is 28.1. The molecule has 2 rings (SSSR count). The van der Waals surface area contributed by atoms with Crippen LogP contribution in [0.15, 0.2) is 30.3 Å². The molecule has 2 unspecified atom stereocenters. The summed E-state index contributed by atoms with van der Waals surface area (Å²) >= 11 is 0. The second-order valence-electron chi connectivity index (χ2n) is 6.56. The number of carbonyl (C=O) groups excluding carboxylic acids is 2. The van der Waals surface area contributed by atoms with Crippen molar-refractivity contribution in [3.8, 4) is 0 Å². The van der Waals surface area contributed by atoms with Gasteiger partial charge < -0.3 is 15.1 Å². The number of nitrogens with one attached hydrogen (secondary N) is 1. The van der Waals surface area contributed by atoms with Gasteiger partial charge in [0, 0.05) is 39.0 Å². The molecule has 126 valence electrons. The number of amides is 2. The fraction of sp³-hybridized carbons (Fsp3) is 0.556. The molecule has 0 bridgehead atoms. The van der Waals surface area contributed by atoms with E-state index in [9.17, 15) is 9.59 Å². The third kappa shape index (κ3) is 5.06. The molecule has 5 nitrogen and oxygen atoms in total. The van der Waals surface area contributed by atoms with E-state index in [1.807, 2.05) is 37.2 Å². The largest absolute Gasteiger partial charge is 0.355 e. The molecule has 1 aromatic carbocycles. The fourth-order valence-electron chi connectivity index (χ4n) is 3.06. The van der Waals surface area contributed by atoms with Crippen LogP contribution in [0.5, 0.6) is 0 Å². The maximum atomic E-state index is 12.5. The molecule has 0 radical (unpaired) electrons. The normalized spacial score (nSPS) is 21.3. The van der Waals surface area contributed by atoms with Gasteiger partial charge >= 0.3 is 0 Å². The zero-order chi connectivity index (χ0) is 16.8. The number of piperidine rings is 1. The van der Waals surface area contributed by atoms with Crippen LogP contribution in [0.4, 0.5) is 0 Å². The van der Waals surface area contributed by atoms with Gasteiger partial charge in [0.15, 0.2) is 0 Å². The van der Waals surface area contributed by atoms with Crippen molar-refractivity contribution in [3.05, 3.63) is 35.9 Å². The molecule has 1 aliphatic heterocycles. The Bertz CT molecular complexity index is 530. The van der Waals surface area contributed by atoms with Gasteiger partial charge in [-0.2, -0.15) is 0 Å². The van der Waals surface area contributed by atoms with Gasteiger partial charge in [-0.05, 0) is 26.1 Å². The summed E-state index contributed by atoms with van der Waals surface area (Å²) in [6.07, 6.45) is 0.793. The van der Waals surface area contributed by atoms with Crippen LogP contribution in [0.3, 0.4) is 0 Å². The Morgan fingerprint density at radius 2 is 1.91 bits per heavy atom. The topological polar surface area (TPSA) is 52.7 Å². The minimum atomic E-state index is -0.139. The zero-order valence-corrected chi connectivity index (χ0v) is 14.3. The van der Waals surface area contributed by atoms with Crippen molar-refractivity contribution in [2.45, 2.75) is 19.3 Å². The highest BCUT2D eigenvalue weighted by Crippen LogP contribution is 2.30. The van der Waals surface area contributed by atoms with E-state index in [4.69, 9.17) is 0 Å². The van der Waals surface area contributed by atoms with Crippen molar-refractivity contribution in [1.82, 2.24) is 15.1 Å². The second kappa shape index (κ2) is 8.11. The number of carbonyl (C=O) groups is 2. The van der Waals surface area contributed by atoms with Gasteiger partial charge in [0.25, 0.3) is 0 Å². The number of likely N-dealkylation sites (N-methyl/N-ethyl adjacent to an activating group) is 1. The summed E-state index contributed by atoms with van der Waals surface area (Å²) in [5.41, 5.74) is 1.20. The van der Waals surface area contributed by atoms with Crippen LogP contribution in [0.25, 0.3) is 0 Å². The quantitative estimate of drug-likeness (QED) is 0.891. The van der Waals surface area contributed by atoms with Crippen LogP contribution in [0.2, 0.25) is 0 Å². The van der Waals surface area contributed by atoms with Crippen LogP contribution < -0.4 is 5.32 Å². The predicted octanol–water partition coefficient (Wildman–Crippen LogP) is 1.32. The smallest absolute Gasteiger partial charge is 0.224 e. The number of hydrogen-bond acceptors (Lipinski definition) is 3. The van der Waals surface area contributed by atoms with Crippen molar-refractivity contribution < 1.29 is 9.59 Å². The Labute approximate surface area is 138 Å². The van der Waals surface area contributed by atoms with Crippen LogP contribution in [0.1, 0.15) is 24.8 Å². The monoisotopic (exact) mass is 317 g/mol. The molecule has 1 saturated heterocycles. The maximum absolute atomic E-state index is 12.5. The van der Waals surface area contributed by atoms with E-state index >= 15 is 0 Å². The Morgan fingerprint density at radius 1 is 1.22 bits per heavy atom. The van der Waals surface area contributed by atoms with Crippen molar-refractivity contribution >= 4 is 11.8 Å². The van der Waals surface area contributed by atoms with Crippen molar-refractivity contribution in [2.24, 2.45) is 5.92 Å². The number of nitrogens with zero attached hydrogens (tertiary/aromatic N) is 2. The van der Waals surface area contributed by atoms with Crippen LogP contribution >= 0.6 is 0 Å². The lowest BCUT2D eigenvalue weighted by Gasteiger charge is -2.37. The molecule has 1 aromatic rings. The van der Waals surface area contributed by atoms with Gasteiger partial charge in [0.05, 0.1) is 5.92 Å². The van der Waals surface area contributed by atoms with Crippen molar-refractivity contribution in [2.75, 3.05) is 40.3 Å². The molecule has 2 amide bonds. The van der Waals surface area contributed by atoms with Gasteiger partial charge in [-0.1, -0.05) is 30.3 Å². The highest BCUT2D eigenvalue weighted by atomic mass is 16.2. The summed E-state index contributed by atoms with van der Waals surface area (Å²) in [6, 6.07) is 10.2. The van der Waals surface area contributed by atoms with Gasteiger partial charge in [0.1, 0.15) is 0 Å². The van der Waals surface area contributed by atoms with Crippen LogP contribution in [-0.2, 0) is 9.59 Å². The first-order valence-electron chi connectivity index (χ1n) is 8.20. The Balaban J connectivity index is 2.03. The molecule has 1 N–H and O–H groups in total. The minimum absolute atomic E-state index is 0.0386. The van der Waals surface area contributed by atoms with E-state index in [-0.39, 0.29) is 23.7 Å². The lowest BCUT2D eigenvalue weighted by molar-refractivity contribution is -0.134. The lowest BCUT2D eigenvalue weighted by Crippen LogP contribution is -2.48. The van der Waals surface area contributed by atoms with Crippen LogP contribution in [-0.4, -0.2) is 61.9 Å². The molecule has 5 heteroatoms. The van der Waals surface area contributed by atoms with E-state index in [0.29, 0.717) is 19.6 Å². The maximum Gasteiger partial charge on any atom is 0.224 e. The Hall–Kier alpha value is -1.88. The predicted molar refractivity (Wildman–Crippen MR) is 91.1 cm³/mol. The van der Waals surface area contributed by atoms with Crippen molar-refractivity contribution in [1.29, 1.82) is 0 Å². The molecule has 0 aliphatic carbocycles. The van der Waals surface area contributed by atoms with E-state index in [2.05, 4.69) is 17.4 Å². The number of hydrogen-bond donors (Lipinski definition) is 1. The summed E-state index contributed by atoms with van der Waals surface area (Å²) in [5, 5.41) is 3.00. The van der Waals surface area contributed by atoms with E-state index in [0.717, 1.165) is 13.0 Å². The van der Waals surface area contributed by atoms with E-state index < -0.39 is 0 Å². The summed E-state index contributed by atoms with van der Waals surface area (Å²) in [6.45, 7) is 4.25. The average Bonchev–Trinajstić information content (AvgIpc) is 2.54. The van der Waals surface area contributed by atoms with Gasteiger partial charge in [-0.3, -0.25) is 9.59 Å². The molecule has 0 spiro atoms. The van der Waals surface area contributed by atoms with Gasteiger partial charge in [-0.25, -0.2) is 0 Å². The molecule has 1 fully saturated rings. The molecule has 1 aliphatic rings. The van der Waals surface area contributed by atoms with Crippen LogP contribution in [0, 0.1) is 5.92 Å². The molecule has 23 heavy (non-hydrogen) atoms. The summed E-state index contributed by atoms with van der Waals surface area (Å²) in [7, 11) is 3.96. The lowest BCUT2D eigenvalue weighted by atomic mass is 9.84. The highest BCUT2D eigenvalue weighted by Gasteiger charge is 2.33. The first-order valence-corrected chi connectivity index (χ1v) is 8.20. The first-order chi connectivity index (χ1) is 11.0. The third-order valence-corrected chi connectivity index (χ3v) is 4.40. The van der Waals surface area contributed by atoms with E-state index in [1.54, 1.807) is 11.8 Å². The fourth-order valence-corrected chi connectivity index (χ4v) is 3.06. The molecule has 0 saturated carbocycles. The van der Waals surface area contributed by atoms with E-state index in [1.165, 1.54) is 5.56 Å². The summed E-state index contributed by atoms with van der Waals surface area (Å²) in [5.74, 6) is 0.175. The average molecular weight is 317 g/mol. The highest BCUT2D eigenvalue weighted by molar-refractivity contribution is 5.81. The molecule has 2 atom stereocenters. The Kier molecular flexibility index (Phi) is 6.16. The van der Waals surface area contributed by atoms with Crippen molar-refractivity contribution in [3.63, 3.8) is 0 Å². The molecule has 0 aromatic heterocycles. The molecular weight excluding hydrogens is 290 g/mol. The first kappa shape index (κ1) is 17.5. The Morgan fingerprint density at radius 3 is 2.52 bits per heavy atom. The zero-order valence-electron chi connectivity index (χ0n) is 14.3. The van der Waals surface area contributed by atoms with Gasteiger partial charge in [-0.15, -0.1) is 0 Å². The van der Waals surface area contributed by atoms with Gasteiger partial charge in [0.2, 0.25) is 11.8 Å². The number of likely N-dealkylation sites (tertiary alicyclic amines) is 1. The molecule has 1 heterocycles. The molecular formula is C18H27N3O2. The number of rotatable bonds is 5. The number of benzene rings is 1. The summed E-state index contributed by atoms with van der Waals surface area (Å²) < 4.78 is 0. The minimum Gasteiger partial charge on any atom is -0.355 e. The SMILES string of the molecule is CC(=O)N1CC(C(=O)NCCN(C)C)CC(c2ccccc2)C1.